The third-order valence-electron chi connectivity index (χ3n) is 2.15. The molecule has 5 heteroatoms. The molecule has 1 heterocycles. The zero-order valence-corrected chi connectivity index (χ0v) is 8.37. The van der Waals surface area contributed by atoms with E-state index >= 15 is 0 Å². The van der Waals surface area contributed by atoms with E-state index in [1.165, 1.54) is 16.8 Å². The summed E-state index contributed by atoms with van der Waals surface area (Å²) in [7, 11) is 0. The molecule has 0 radical (unpaired) electrons. The SMILES string of the molecule is O=C(O)Cc1ccnn1-c1ccc(O)cc1. The van der Waals surface area contributed by atoms with Crippen molar-refractivity contribution in [3.63, 3.8) is 0 Å². The molecule has 0 saturated heterocycles. The predicted octanol–water partition coefficient (Wildman–Crippen LogP) is 1.20. The molecule has 0 spiro atoms. The Kier molecular flexibility index (Phi) is 2.59. The summed E-state index contributed by atoms with van der Waals surface area (Å²) in [5.74, 6) is -0.740. The van der Waals surface area contributed by atoms with Crippen LogP contribution in [0.4, 0.5) is 0 Å². The van der Waals surface area contributed by atoms with Crippen LogP contribution in [0.1, 0.15) is 5.69 Å². The zero-order valence-electron chi connectivity index (χ0n) is 8.37. The minimum absolute atomic E-state index is 0.0825. The van der Waals surface area contributed by atoms with Gasteiger partial charge in [0.2, 0.25) is 0 Å². The molecule has 2 aromatic rings. The monoisotopic (exact) mass is 218 g/mol. The molecule has 0 aliphatic heterocycles. The zero-order chi connectivity index (χ0) is 11.5. The van der Waals surface area contributed by atoms with Crippen molar-refractivity contribution in [3.8, 4) is 11.4 Å². The second kappa shape index (κ2) is 4.06. The third kappa shape index (κ3) is 2.03. The van der Waals surface area contributed by atoms with Crippen LogP contribution in [0, 0.1) is 0 Å². The van der Waals surface area contributed by atoms with Crippen molar-refractivity contribution < 1.29 is 15.0 Å². The van der Waals surface area contributed by atoms with Crippen molar-refractivity contribution in [1.82, 2.24) is 9.78 Å². The van der Waals surface area contributed by atoms with Crippen LogP contribution in [0.3, 0.4) is 0 Å². The van der Waals surface area contributed by atoms with Gasteiger partial charge in [0.25, 0.3) is 0 Å². The Morgan fingerprint density at radius 1 is 1.25 bits per heavy atom. The van der Waals surface area contributed by atoms with Crippen molar-refractivity contribution in [2.75, 3.05) is 0 Å². The molecule has 1 aromatic heterocycles. The van der Waals surface area contributed by atoms with E-state index < -0.39 is 5.97 Å². The third-order valence-corrected chi connectivity index (χ3v) is 2.15. The number of nitrogens with zero attached hydrogens (tertiary/aromatic N) is 2. The number of benzene rings is 1. The molecule has 0 aliphatic rings. The first-order valence-electron chi connectivity index (χ1n) is 4.71. The van der Waals surface area contributed by atoms with Crippen molar-refractivity contribution in [3.05, 3.63) is 42.2 Å². The van der Waals surface area contributed by atoms with Crippen LogP contribution >= 0.6 is 0 Å². The highest BCUT2D eigenvalue weighted by Crippen LogP contribution is 2.15. The number of carbonyl (C=O) groups is 1. The molecule has 0 aliphatic carbocycles. The van der Waals surface area contributed by atoms with Gasteiger partial charge in [0.15, 0.2) is 0 Å². The van der Waals surface area contributed by atoms with Gasteiger partial charge < -0.3 is 10.2 Å². The van der Waals surface area contributed by atoms with Gasteiger partial charge in [0.05, 0.1) is 17.8 Å². The summed E-state index contributed by atoms with van der Waals surface area (Å²) in [5.41, 5.74) is 1.32. The second-order valence-electron chi connectivity index (χ2n) is 3.32. The van der Waals surface area contributed by atoms with Crippen LogP contribution in [-0.4, -0.2) is 26.0 Å². The minimum Gasteiger partial charge on any atom is -0.508 e. The minimum atomic E-state index is -0.902. The Morgan fingerprint density at radius 2 is 1.94 bits per heavy atom. The summed E-state index contributed by atoms with van der Waals surface area (Å²) in [6.07, 6.45) is 1.46. The Hall–Kier alpha value is -2.30. The fraction of sp³-hybridized carbons (Fsp3) is 0.0909. The van der Waals surface area contributed by atoms with Crippen LogP contribution in [0.15, 0.2) is 36.5 Å². The average molecular weight is 218 g/mol. The molecule has 2 rings (SSSR count). The molecule has 82 valence electrons. The van der Waals surface area contributed by atoms with Gasteiger partial charge in [-0.2, -0.15) is 5.10 Å². The summed E-state index contributed by atoms with van der Waals surface area (Å²) < 4.78 is 1.54. The van der Waals surface area contributed by atoms with E-state index in [1.807, 2.05) is 0 Å². The van der Waals surface area contributed by atoms with Gasteiger partial charge in [-0.05, 0) is 30.3 Å². The van der Waals surface area contributed by atoms with Crippen LogP contribution in [0.25, 0.3) is 5.69 Å². The van der Waals surface area contributed by atoms with Crippen molar-refractivity contribution in [2.24, 2.45) is 0 Å². The number of rotatable bonds is 3. The fourth-order valence-electron chi connectivity index (χ4n) is 1.45. The number of carboxylic acid groups (broad SMARTS) is 1. The van der Waals surface area contributed by atoms with Crippen molar-refractivity contribution in [1.29, 1.82) is 0 Å². The molecule has 0 amide bonds. The molecular weight excluding hydrogens is 208 g/mol. The number of hydrogen-bond acceptors (Lipinski definition) is 3. The van der Waals surface area contributed by atoms with Gasteiger partial charge in [-0.3, -0.25) is 4.79 Å². The largest absolute Gasteiger partial charge is 0.508 e. The van der Waals surface area contributed by atoms with Gasteiger partial charge in [-0.25, -0.2) is 4.68 Å². The number of aromatic nitrogens is 2. The van der Waals surface area contributed by atoms with E-state index in [2.05, 4.69) is 5.10 Å². The molecule has 5 nitrogen and oxygen atoms in total. The van der Waals surface area contributed by atoms with Gasteiger partial charge in [-0.15, -0.1) is 0 Å². The fourth-order valence-corrected chi connectivity index (χ4v) is 1.45. The molecule has 16 heavy (non-hydrogen) atoms. The summed E-state index contributed by atoms with van der Waals surface area (Å²) in [5, 5.41) is 21.9. The molecular formula is C11H10N2O3. The highest BCUT2D eigenvalue weighted by atomic mass is 16.4. The quantitative estimate of drug-likeness (QED) is 0.811. The lowest BCUT2D eigenvalue weighted by Gasteiger charge is -2.05. The maximum Gasteiger partial charge on any atom is 0.309 e. The highest BCUT2D eigenvalue weighted by molar-refractivity contribution is 5.69. The molecule has 2 N–H and O–H groups in total. The first-order chi connectivity index (χ1) is 7.66. The van der Waals surface area contributed by atoms with Gasteiger partial charge in [0, 0.05) is 6.20 Å². The Balaban J connectivity index is 2.36. The number of phenols is 1. The van der Waals surface area contributed by atoms with E-state index in [9.17, 15) is 4.79 Å². The van der Waals surface area contributed by atoms with Crippen LogP contribution < -0.4 is 0 Å². The predicted molar refractivity (Wildman–Crippen MR) is 56.6 cm³/mol. The number of phenolic OH excluding ortho intramolecular Hbond substituents is 1. The Bertz CT molecular complexity index is 502. The lowest BCUT2D eigenvalue weighted by Crippen LogP contribution is -2.07. The summed E-state index contributed by atoms with van der Waals surface area (Å²) in [6.45, 7) is 0. The summed E-state index contributed by atoms with van der Waals surface area (Å²) in [6, 6.07) is 8.06. The lowest BCUT2D eigenvalue weighted by atomic mass is 10.2. The first-order valence-corrected chi connectivity index (χ1v) is 4.71. The topological polar surface area (TPSA) is 75.3 Å². The van der Waals surface area contributed by atoms with Crippen molar-refractivity contribution in [2.45, 2.75) is 6.42 Å². The van der Waals surface area contributed by atoms with Crippen LogP contribution in [0.5, 0.6) is 5.75 Å². The molecule has 0 unspecified atom stereocenters. The normalized spacial score (nSPS) is 10.2. The van der Waals surface area contributed by atoms with E-state index in [4.69, 9.17) is 10.2 Å². The van der Waals surface area contributed by atoms with Crippen LogP contribution in [-0.2, 0) is 11.2 Å². The Morgan fingerprint density at radius 3 is 2.56 bits per heavy atom. The molecule has 1 aromatic carbocycles. The highest BCUT2D eigenvalue weighted by Gasteiger charge is 2.08. The standard InChI is InChI=1S/C11H10N2O3/c14-10-3-1-8(2-4-10)13-9(5-6-12-13)7-11(15)16/h1-6,14H,7H2,(H,15,16). The first kappa shape index (κ1) is 10.2. The molecule has 0 atom stereocenters. The van der Waals surface area contributed by atoms with Crippen molar-refractivity contribution >= 4 is 5.97 Å². The molecule has 0 fully saturated rings. The second-order valence-corrected chi connectivity index (χ2v) is 3.32. The molecule has 0 bridgehead atoms. The number of aliphatic carboxylic acids is 1. The van der Waals surface area contributed by atoms with Gasteiger partial charge in [-0.1, -0.05) is 0 Å². The number of aromatic hydroxyl groups is 1. The maximum atomic E-state index is 10.6. The van der Waals surface area contributed by atoms with E-state index in [0.717, 1.165) is 5.69 Å². The Labute approximate surface area is 91.6 Å². The summed E-state index contributed by atoms with van der Waals surface area (Å²) in [4.78, 5) is 10.6. The van der Waals surface area contributed by atoms with Gasteiger partial charge >= 0.3 is 5.97 Å². The average Bonchev–Trinajstić information content (AvgIpc) is 2.66. The van der Waals surface area contributed by atoms with E-state index in [1.54, 1.807) is 24.4 Å². The van der Waals surface area contributed by atoms with Gasteiger partial charge in [0.1, 0.15) is 5.75 Å². The van der Waals surface area contributed by atoms with E-state index in [0.29, 0.717) is 5.69 Å². The molecule has 0 saturated carbocycles. The maximum absolute atomic E-state index is 10.6. The lowest BCUT2D eigenvalue weighted by molar-refractivity contribution is -0.136. The number of hydrogen-bond donors (Lipinski definition) is 2. The van der Waals surface area contributed by atoms with Crippen LogP contribution in [0.2, 0.25) is 0 Å². The smallest absolute Gasteiger partial charge is 0.309 e. The van der Waals surface area contributed by atoms with E-state index in [-0.39, 0.29) is 12.2 Å². The number of carboxylic acids is 1. The summed E-state index contributed by atoms with van der Waals surface area (Å²) >= 11 is 0.